The van der Waals surface area contributed by atoms with E-state index in [2.05, 4.69) is 15.8 Å². The molecule has 3 rings (SSSR count). The van der Waals surface area contributed by atoms with Gasteiger partial charge in [-0.15, -0.1) is 0 Å². The van der Waals surface area contributed by atoms with Gasteiger partial charge in [-0.2, -0.15) is 5.10 Å². The molecule has 0 bridgehead atoms. The van der Waals surface area contributed by atoms with Crippen molar-refractivity contribution in [3.05, 3.63) is 95.0 Å². The van der Waals surface area contributed by atoms with Crippen LogP contribution in [-0.4, -0.2) is 11.3 Å². The summed E-state index contributed by atoms with van der Waals surface area (Å²) in [7, 11) is 0. The van der Waals surface area contributed by atoms with E-state index in [-0.39, 0.29) is 0 Å². The minimum Gasteiger partial charge on any atom is -0.488 e. The highest BCUT2D eigenvalue weighted by molar-refractivity contribution is 7.80. The third-order valence-corrected chi connectivity index (χ3v) is 4.22. The van der Waals surface area contributed by atoms with Crippen LogP contribution in [-0.2, 0) is 6.61 Å². The Hall–Kier alpha value is -2.89. The van der Waals surface area contributed by atoms with Crippen molar-refractivity contribution in [2.45, 2.75) is 6.61 Å². The number of nitrogens with zero attached hydrogens (tertiary/aromatic N) is 1. The summed E-state index contributed by atoms with van der Waals surface area (Å²) in [6.45, 7) is 0.381. The van der Waals surface area contributed by atoms with Crippen LogP contribution in [0.3, 0.4) is 0 Å². The van der Waals surface area contributed by atoms with Gasteiger partial charge in [-0.05, 0) is 42.5 Å². The van der Waals surface area contributed by atoms with Gasteiger partial charge in [0, 0.05) is 21.8 Å². The second kappa shape index (κ2) is 9.71. The van der Waals surface area contributed by atoms with Crippen molar-refractivity contribution < 1.29 is 4.74 Å². The van der Waals surface area contributed by atoms with Gasteiger partial charge in [0.2, 0.25) is 0 Å². The Labute approximate surface area is 168 Å². The van der Waals surface area contributed by atoms with Gasteiger partial charge in [0.15, 0.2) is 5.11 Å². The van der Waals surface area contributed by atoms with Crippen molar-refractivity contribution in [1.82, 2.24) is 5.43 Å². The van der Waals surface area contributed by atoms with Crippen LogP contribution in [0.4, 0.5) is 5.69 Å². The molecule has 0 aliphatic carbocycles. The number of ether oxygens (including phenoxy) is 1. The zero-order valence-corrected chi connectivity index (χ0v) is 16.0. The predicted octanol–water partition coefficient (Wildman–Crippen LogP) is 5.24. The molecule has 4 nitrogen and oxygen atoms in total. The number of thiocarbonyl (C=S) groups is 1. The van der Waals surface area contributed by atoms with Crippen molar-refractivity contribution in [3.8, 4) is 5.75 Å². The summed E-state index contributed by atoms with van der Waals surface area (Å²) in [5.74, 6) is 0.713. The molecule has 27 heavy (non-hydrogen) atoms. The van der Waals surface area contributed by atoms with E-state index < -0.39 is 0 Å². The summed E-state index contributed by atoms with van der Waals surface area (Å²) in [5, 5.41) is 8.33. The van der Waals surface area contributed by atoms with Crippen molar-refractivity contribution >= 4 is 40.8 Å². The number of benzene rings is 3. The molecule has 0 aromatic heterocycles. The molecule has 3 aromatic rings. The fraction of sp³-hybridized carbons (Fsp3) is 0.0476. The first-order chi connectivity index (χ1) is 13.2. The number of para-hydroxylation sites is 2. The van der Waals surface area contributed by atoms with E-state index in [1.807, 2.05) is 78.9 Å². The third kappa shape index (κ3) is 5.81. The van der Waals surface area contributed by atoms with Gasteiger partial charge in [0.1, 0.15) is 12.4 Å². The smallest absolute Gasteiger partial charge is 0.191 e. The van der Waals surface area contributed by atoms with Crippen LogP contribution >= 0.6 is 23.8 Å². The number of rotatable bonds is 6. The molecule has 0 unspecified atom stereocenters. The van der Waals surface area contributed by atoms with E-state index in [1.165, 1.54) is 0 Å². The first-order valence-electron chi connectivity index (χ1n) is 8.33. The number of hydrogen-bond donors (Lipinski definition) is 2. The molecular formula is C21H18ClN3OS. The molecule has 0 amide bonds. The van der Waals surface area contributed by atoms with Crippen LogP contribution < -0.4 is 15.5 Å². The van der Waals surface area contributed by atoms with Crippen molar-refractivity contribution in [2.24, 2.45) is 5.10 Å². The van der Waals surface area contributed by atoms with Crippen LogP contribution in [0.25, 0.3) is 0 Å². The molecule has 0 atom stereocenters. The molecule has 0 aliphatic rings. The van der Waals surface area contributed by atoms with Gasteiger partial charge in [0.05, 0.1) is 6.21 Å². The van der Waals surface area contributed by atoms with Crippen LogP contribution in [0.5, 0.6) is 5.75 Å². The zero-order chi connectivity index (χ0) is 18.9. The lowest BCUT2D eigenvalue weighted by Crippen LogP contribution is -2.23. The van der Waals surface area contributed by atoms with Crippen molar-refractivity contribution in [1.29, 1.82) is 0 Å². The van der Waals surface area contributed by atoms with Gasteiger partial charge >= 0.3 is 0 Å². The number of hydrogen-bond acceptors (Lipinski definition) is 3. The van der Waals surface area contributed by atoms with E-state index >= 15 is 0 Å². The first kappa shape index (κ1) is 18.9. The molecule has 0 fully saturated rings. The van der Waals surface area contributed by atoms with E-state index in [1.54, 1.807) is 6.21 Å². The molecule has 0 aliphatic heterocycles. The Kier molecular flexibility index (Phi) is 6.79. The minimum absolute atomic E-state index is 0.381. The molecule has 0 saturated carbocycles. The predicted molar refractivity (Wildman–Crippen MR) is 116 cm³/mol. The Morgan fingerprint density at radius 1 is 0.963 bits per heavy atom. The molecule has 0 spiro atoms. The van der Waals surface area contributed by atoms with Gasteiger partial charge in [-0.1, -0.05) is 60.1 Å². The van der Waals surface area contributed by atoms with E-state index in [0.29, 0.717) is 22.5 Å². The van der Waals surface area contributed by atoms with E-state index in [0.717, 1.165) is 16.8 Å². The number of anilines is 1. The average molecular weight is 396 g/mol. The Morgan fingerprint density at radius 3 is 2.48 bits per heavy atom. The maximum atomic E-state index is 6.18. The summed E-state index contributed by atoms with van der Waals surface area (Å²) in [4.78, 5) is 0. The van der Waals surface area contributed by atoms with Gasteiger partial charge in [0.25, 0.3) is 0 Å². The summed E-state index contributed by atoms with van der Waals surface area (Å²) in [6, 6.07) is 24.9. The largest absolute Gasteiger partial charge is 0.488 e. The lowest BCUT2D eigenvalue weighted by atomic mass is 10.2. The summed E-state index contributed by atoms with van der Waals surface area (Å²) in [5.41, 5.74) is 5.46. The fourth-order valence-electron chi connectivity index (χ4n) is 2.33. The Balaban J connectivity index is 1.59. The zero-order valence-electron chi connectivity index (χ0n) is 14.4. The lowest BCUT2D eigenvalue weighted by Gasteiger charge is -2.10. The van der Waals surface area contributed by atoms with E-state index in [9.17, 15) is 0 Å². The fourth-order valence-corrected chi connectivity index (χ4v) is 2.69. The Bertz CT molecular complexity index is 931. The van der Waals surface area contributed by atoms with E-state index in [4.69, 9.17) is 28.6 Å². The maximum Gasteiger partial charge on any atom is 0.191 e. The quantitative estimate of drug-likeness (QED) is 0.340. The summed E-state index contributed by atoms with van der Waals surface area (Å²) >= 11 is 11.4. The summed E-state index contributed by atoms with van der Waals surface area (Å²) in [6.07, 6.45) is 1.67. The molecule has 2 N–H and O–H groups in total. The molecule has 136 valence electrons. The molecule has 0 heterocycles. The van der Waals surface area contributed by atoms with Gasteiger partial charge < -0.3 is 10.1 Å². The molecule has 3 aromatic carbocycles. The summed E-state index contributed by atoms with van der Waals surface area (Å²) < 4.78 is 5.91. The number of halogens is 1. The second-order valence-electron chi connectivity index (χ2n) is 5.61. The van der Waals surface area contributed by atoms with Crippen molar-refractivity contribution in [3.63, 3.8) is 0 Å². The van der Waals surface area contributed by atoms with Crippen LogP contribution in [0.15, 0.2) is 84.0 Å². The highest BCUT2D eigenvalue weighted by atomic mass is 35.5. The minimum atomic E-state index is 0.381. The van der Waals surface area contributed by atoms with Crippen LogP contribution in [0.2, 0.25) is 5.02 Å². The number of hydrazone groups is 1. The topological polar surface area (TPSA) is 45.7 Å². The monoisotopic (exact) mass is 395 g/mol. The third-order valence-electron chi connectivity index (χ3n) is 3.66. The van der Waals surface area contributed by atoms with Gasteiger partial charge in [-0.25, -0.2) is 0 Å². The standard InChI is InChI=1S/C21H18ClN3OS/c22-19-12-6-4-9-17(19)15-26-20-13-7-5-8-16(20)14-23-25-21(27)24-18-10-2-1-3-11-18/h1-14H,15H2,(H2,24,25,27)/b23-14+. The highest BCUT2D eigenvalue weighted by Gasteiger charge is 2.04. The molecule has 6 heteroatoms. The van der Waals surface area contributed by atoms with Crippen LogP contribution in [0, 0.1) is 0 Å². The normalized spacial score (nSPS) is 10.6. The van der Waals surface area contributed by atoms with Crippen LogP contribution in [0.1, 0.15) is 11.1 Å². The maximum absolute atomic E-state index is 6.18. The highest BCUT2D eigenvalue weighted by Crippen LogP contribution is 2.20. The molecule has 0 radical (unpaired) electrons. The SMILES string of the molecule is S=C(N/N=C/c1ccccc1OCc1ccccc1Cl)Nc1ccccc1. The van der Waals surface area contributed by atoms with Crippen molar-refractivity contribution in [2.75, 3.05) is 5.32 Å². The molecular weight excluding hydrogens is 378 g/mol. The lowest BCUT2D eigenvalue weighted by molar-refractivity contribution is 0.306. The van der Waals surface area contributed by atoms with Gasteiger partial charge in [-0.3, -0.25) is 5.43 Å². The Morgan fingerprint density at radius 2 is 1.67 bits per heavy atom. The average Bonchev–Trinajstić information content (AvgIpc) is 2.69. The second-order valence-corrected chi connectivity index (χ2v) is 6.42. The molecule has 0 saturated heterocycles. The first-order valence-corrected chi connectivity index (χ1v) is 9.11. The number of nitrogens with one attached hydrogen (secondary N) is 2.